The first-order valence-electron chi connectivity index (χ1n) is 8.17. The van der Waals surface area contributed by atoms with Crippen molar-refractivity contribution in [2.24, 2.45) is 11.3 Å². The summed E-state index contributed by atoms with van der Waals surface area (Å²) in [6, 6.07) is 0.274. The van der Waals surface area contributed by atoms with E-state index in [9.17, 15) is 4.79 Å². The number of amides is 1. The van der Waals surface area contributed by atoms with Gasteiger partial charge in [-0.1, -0.05) is 13.8 Å². The maximum absolute atomic E-state index is 12.6. The van der Waals surface area contributed by atoms with Crippen molar-refractivity contribution in [2.45, 2.75) is 58.1 Å². The Kier molecular flexibility index (Phi) is 4.04. The van der Waals surface area contributed by atoms with Crippen LogP contribution in [0.1, 0.15) is 46.0 Å². The molecular formula is C16H28N2O2. The van der Waals surface area contributed by atoms with Gasteiger partial charge >= 0.3 is 0 Å². The van der Waals surface area contributed by atoms with E-state index in [1.54, 1.807) is 0 Å². The highest BCUT2D eigenvalue weighted by atomic mass is 16.5. The van der Waals surface area contributed by atoms with Crippen LogP contribution in [-0.4, -0.2) is 49.2 Å². The molecule has 0 aromatic rings. The van der Waals surface area contributed by atoms with Gasteiger partial charge in [0.1, 0.15) is 0 Å². The third-order valence-electron chi connectivity index (χ3n) is 5.43. The predicted molar refractivity (Wildman–Crippen MR) is 78.5 cm³/mol. The lowest BCUT2D eigenvalue weighted by Gasteiger charge is -2.39. The number of morpholine rings is 1. The fraction of sp³-hybridized carbons (Fsp3) is 0.938. The molecule has 0 bridgehead atoms. The second-order valence-corrected chi connectivity index (χ2v) is 7.53. The Hall–Kier alpha value is -0.610. The molecule has 114 valence electrons. The van der Waals surface area contributed by atoms with Gasteiger partial charge in [0, 0.05) is 26.1 Å². The third kappa shape index (κ3) is 3.01. The minimum Gasteiger partial charge on any atom is -0.373 e. The molecule has 2 saturated heterocycles. The highest BCUT2D eigenvalue weighted by molar-refractivity contribution is 5.77. The number of rotatable bonds is 2. The SMILES string of the molecule is CC1(C)CCC(CC(=O)N2CCO[C@@H]3CNC[C@@H]32)CC1. The largest absolute Gasteiger partial charge is 0.373 e. The predicted octanol–water partition coefficient (Wildman–Crippen LogP) is 1.79. The van der Waals surface area contributed by atoms with Crippen molar-refractivity contribution in [2.75, 3.05) is 26.2 Å². The molecular weight excluding hydrogens is 252 g/mol. The van der Waals surface area contributed by atoms with Crippen molar-refractivity contribution < 1.29 is 9.53 Å². The standard InChI is InChI=1S/C16H28N2O2/c1-16(2)5-3-12(4-6-16)9-15(19)18-7-8-20-14-11-17-10-13(14)18/h12-14,17H,3-11H2,1-2H3/t13-,14+/m0/s1. The molecule has 0 spiro atoms. The monoisotopic (exact) mass is 280 g/mol. The van der Waals surface area contributed by atoms with Gasteiger partial charge < -0.3 is 15.0 Å². The van der Waals surface area contributed by atoms with Crippen molar-refractivity contribution in [1.82, 2.24) is 10.2 Å². The normalized spacial score (nSPS) is 34.0. The summed E-state index contributed by atoms with van der Waals surface area (Å²) in [6.07, 6.45) is 5.94. The van der Waals surface area contributed by atoms with E-state index in [0.717, 1.165) is 26.1 Å². The van der Waals surface area contributed by atoms with E-state index < -0.39 is 0 Å². The van der Waals surface area contributed by atoms with Crippen LogP contribution in [0.4, 0.5) is 0 Å². The first-order valence-corrected chi connectivity index (χ1v) is 8.17. The van der Waals surface area contributed by atoms with Crippen LogP contribution in [-0.2, 0) is 9.53 Å². The van der Waals surface area contributed by atoms with Gasteiger partial charge in [-0.25, -0.2) is 0 Å². The molecule has 3 fully saturated rings. The maximum Gasteiger partial charge on any atom is 0.223 e. The van der Waals surface area contributed by atoms with Gasteiger partial charge in [0.25, 0.3) is 0 Å². The molecule has 20 heavy (non-hydrogen) atoms. The number of nitrogens with zero attached hydrogens (tertiary/aromatic N) is 1. The summed E-state index contributed by atoms with van der Waals surface area (Å²) in [5.74, 6) is 0.961. The molecule has 0 unspecified atom stereocenters. The van der Waals surface area contributed by atoms with E-state index in [2.05, 4.69) is 24.1 Å². The highest BCUT2D eigenvalue weighted by Gasteiger charge is 2.39. The van der Waals surface area contributed by atoms with E-state index >= 15 is 0 Å². The molecule has 3 rings (SSSR count). The molecule has 4 nitrogen and oxygen atoms in total. The quantitative estimate of drug-likeness (QED) is 0.838. The molecule has 1 aliphatic carbocycles. The number of fused-ring (bicyclic) bond motifs is 1. The van der Waals surface area contributed by atoms with Crippen molar-refractivity contribution in [3.05, 3.63) is 0 Å². The first kappa shape index (κ1) is 14.3. The topological polar surface area (TPSA) is 41.6 Å². The Bertz CT molecular complexity index is 359. The number of hydrogen-bond donors (Lipinski definition) is 1. The lowest BCUT2D eigenvalue weighted by molar-refractivity contribution is -0.144. The summed E-state index contributed by atoms with van der Waals surface area (Å²) in [5, 5.41) is 3.34. The van der Waals surface area contributed by atoms with Gasteiger partial charge in [0.15, 0.2) is 0 Å². The Labute approximate surface area is 122 Å². The summed E-state index contributed by atoms with van der Waals surface area (Å²) in [7, 11) is 0. The second kappa shape index (κ2) is 5.64. The molecule has 0 radical (unpaired) electrons. The summed E-state index contributed by atoms with van der Waals surface area (Å²) >= 11 is 0. The highest BCUT2D eigenvalue weighted by Crippen LogP contribution is 2.39. The van der Waals surface area contributed by atoms with Gasteiger partial charge in [0.05, 0.1) is 18.8 Å². The van der Waals surface area contributed by atoms with Crippen LogP contribution in [0.2, 0.25) is 0 Å². The zero-order valence-electron chi connectivity index (χ0n) is 12.9. The van der Waals surface area contributed by atoms with Crippen LogP contribution in [0.15, 0.2) is 0 Å². The molecule has 0 aromatic heterocycles. The van der Waals surface area contributed by atoms with Crippen LogP contribution >= 0.6 is 0 Å². The smallest absolute Gasteiger partial charge is 0.223 e. The average Bonchev–Trinajstić information content (AvgIpc) is 2.89. The van der Waals surface area contributed by atoms with Gasteiger partial charge in [-0.15, -0.1) is 0 Å². The molecule has 2 heterocycles. The fourth-order valence-corrected chi connectivity index (χ4v) is 3.93. The molecule has 1 amide bonds. The van der Waals surface area contributed by atoms with Gasteiger partial charge in [-0.2, -0.15) is 0 Å². The number of ether oxygens (including phenoxy) is 1. The summed E-state index contributed by atoms with van der Waals surface area (Å²) in [6.45, 7) is 7.97. The van der Waals surface area contributed by atoms with Gasteiger partial charge in [-0.3, -0.25) is 4.79 Å². The van der Waals surface area contributed by atoms with E-state index in [1.165, 1.54) is 25.7 Å². The Morgan fingerprint density at radius 3 is 2.80 bits per heavy atom. The van der Waals surface area contributed by atoms with E-state index in [4.69, 9.17) is 4.74 Å². The second-order valence-electron chi connectivity index (χ2n) is 7.53. The zero-order valence-corrected chi connectivity index (χ0v) is 12.9. The van der Waals surface area contributed by atoms with Crippen molar-refractivity contribution >= 4 is 5.91 Å². The number of carbonyl (C=O) groups excluding carboxylic acids is 1. The molecule has 2 atom stereocenters. The maximum atomic E-state index is 12.6. The zero-order chi connectivity index (χ0) is 14.2. The Morgan fingerprint density at radius 2 is 2.05 bits per heavy atom. The Morgan fingerprint density at radius 1 is 1.30 bits per heavy atom. The lowest BCUT2D eigenvalue weighted by atomic mass is 9.72. The molecule has 4 heteroatoms. The van der Waals surface area contributed by atoms with Crippen LogP contribution < -0.4 is 5.32 Å². The Balaban J connectivity index is 1.54. The van der Waals surface area contributed by atoms with Gasteiger partial charge in [0.2, 0.25) is 5.91 Å². The molecule has 3 aliphatic rings. The lowest BCUT2D eigenvalue weighted by Crippen LogP contribution is -2.53. The summed E-state index contributed by atoms with van der Waals surface area (Å²) in [4.78, 5) is 14.7. The van der Waals surface area contributed by atoms with E-state index in [0.29, 0.717) is 23.8 Å². The summed E-state index contributed by atoms with van der Waals surface area (Å²) in [5.41, 5.74) is 0.485. The van der Waals surface area contributed by atoms with Crippen LogP contribution in [0.25, 0.3) is 0 Å². The number of carbonyl (C=O) groups is 1. The van der Waals surface area contributed by atoms with E-state index in [-0.39, 0.29) is 12.1 Å². The minimum atomic E-state index is 0.220. The minimum absolute atomic E-state index is 0.220. The van der Waals surface area contributed by atoms with Crippen LogP contribution in [0.5, 0.6) is 0 Å². The molecule has 2 aliphatic heterocycles. The third-order valence-corrected chi connectivity index (χ3v) is 5.43. The number of hydrogen-bond acceptors (Lipinski definition) is 3. The summed E-state index contributed by atoms with van der Waals surface area (Å²) < 4.78 is 5.74. The van der Waals surface area contributed by atoms with Crippen molar-refractivity contribution in [3.8, 4) is 0 Å². The van der Waals surface area contributed by atoms with Crippen LogP contribution in [0.3, 0.4) is 0 Å². The van der Waals surface area contributed by atoms with Crippen molar-refractivity contribution in [1.29, 1.82) is 0 Å². The molecule has 1 N–H and O–H groups in total. The van der Waals surface area contributed by atoms with Crippen LogP contribution in [0, 0.1) is 11.3 Å². The van der Waals surface area contributed by atoms with E-state index in [1.807, 2.05) is 0 Å². The molecule has 0 aromatic carbocycles. The molecule has 1 saturated carbocycles. The fourth-order valence-electron chi connectivity index (χ4n) is 3.93. The van der Waals surface area contributed by atoms with Crippen molar-refractivity contribution in [3.63, 3.8) is 0 Å². The first-order chi connectivity index (χ1) is 9.55. The van der Waals surface area contributed by atoms with Gasteiger partial charge in [-0.05, 0) is 37.0 Å². The average molecular weight is 280 g/mol. The number of nitrogens with one attached hydrogen (secondary N) is 1.